The van der Waals surface area contributed by atoms with Gasteiger partial charge in [-0.15, -0.1) is 6.58 Å². The molecule has 0 atom stereocenters. The van der Waals surface area contributed by atoms with Gasteiger partial charge in [-0.25, -0.2) is 14.4 Å². The number of hydrogen-bond acceptors (Lipinski definition) is 8. The Morgan fingerprint density at radius 1 is 1.22 bits per heavy atom. The van der Waals surface area contributed by atoms with E-state index in [0.29, 0.717) is 13.2 Å². The molecular formula is C14H24NO7P. The molecule has 0 aromatic rings. The van der Waals surface area contributed by atoms with Gasteiger partial charge < -0.3 is 14.0 Å². The number of phosphoric acid groups is 1. The van der Waals surface area contributed by atoms with Crippen LogP contribution >= 0.6 is 7.82 Å². The van der Waals surface area contributed by atoms with Crippen LogP contribution in [0.3, 0.4) is 0 Å². The Bertz CT molecular complexity index is 462. The number of aliphatic imine (C=N–C) groups is 1. The zero-order valence-electron chi connectivity index (χ0n) is 13.8. The van der Waals surface area contributed by atoms with Crippen LogP contribution in [0.15, 0.2) is 23.4 Å². The van der Waals surface area contributed by atoms with E-state index < -0.39 is 19.6 Å². The Morgan fingerprint density at radius 3 is 2.39 bits per heavy atom. The molecule has 0 N–H and O–H groups in total. The number of esters is 1. The standard InChI is InChI=1S/C14H24NO7P/c1-5-10-18-11-9-15-12-13(14(16)19-6-2)22-23(17,20-7-3)21-8-4/h5H,1,6-11H2,2-4H3. The van der Waals surface area contributed by atoms with E-state index >= 15 is 0 Å². The van der Waals surface area contributed by atoms with Crippen LogP contribution < -0.4 is 0 Å². The number of carbonyl (C=O) groups is 1. The molecule has 23 heavy (non-hydrogen) atoms. The topological polar surface area (TPSA) is 92.7 Å². The van der Waals surface area contributed by atoms with Crippen molar-refractivity contribution in [2.24, 2.45) is 4.99 Å². The van der Waals surface area contributed by atoms with Crippen molar-refractivity contribution >= 4 is 19.7 Å². The molecule has 0 heterocycles. The van der Waals surface area contributed by atoms with Crippen molar-refractivity contribution in [1.29, 1.82) is 0 Å². The maximum atomic E-state index is 12.3. The van der Waals surface area contributed by atoms with Crippen LogP contribution in [-0.4, -0.2) is 51.4 Å². The van der Waals surface area contributed by atoms with Crippen LogP contribution in [0.2, 0.25) is 0 Å². The molecular weight excluding hydrogens is 325 g/mol. The van der Waals surface area contributed by atoms with Crippen molar-refractivity contribution in [3.8, 4) is 0 Å². The molecule has 0 aliphatic heterocycles. The normalized spacial score (nSPS) is 10.6. The van der Waals surface area contributed by atoms with E-state index in [4.69, 9.17) is 23.0 Å². The summed E-state index contributed by atoms with van der Waals surface area (Å²) in [5, 5.41) is 0. The number of hydrogen-bond donors (Lipinski definition) is 0. The van der Waals surface area contributed by atoms with E-state index in [1.807, 2.05) is 0 Å². The van der Waals surface area contributed by atoms with Gasteiger partial charge in [0, 0.05) is 5.87 Å². The number of carbonyl (C=O) groups excluding carboxylic acids is 1. The van der Waals surface area contributed by atoms with Crippen LogP contribution in [0.1, 0.15) is 20.8 Å². The minimum Gasteiger partial charge on any atom is -0.460 e. The van der Waals surface area contributed by atoms with Crippen LogP contribution in [-0.2, 0) is 32.4 Å². The van der Waals surface area contributed by atoms with Gasteiger partial charge in [0.05, 0.1) is 39.6 Å². The molecule has 0 aliphatic carbocycles. The minimum absolute atomic E-state index is 0.0833. The first-order chi connectivity index (χ1) is 11.0. The maximum Gasteiger partial charge on any atom is 0.530 e. The Balaban J connectivity index is 5.04. The SMILES string of the molecule is C=CCOCCN=C=C(OP(=O)(OCC)OCC)C(=O)OCC. The molecule has 9 heteroatoms. The van der Waals surface area contributed by atoms with Gasteiger partial charge in [0.25, 0.3) is 5.76 Å². The third kappa shape index (κ3) is 10.0. The summed E-state index contributed by atoms with van der Waals surface area (Å²) in [6.07, 6.45) is 1.60. The lowest BCUT2D eigenvalue weighted by molar-refractivity contribution is -0.141. The summed E-state index contributed by atoms with van der Waals surface area (Å²) in [5.74, 6) is 1.03. The fourth-order valence-electron chi connectivity index (χ4n) is 1.22. The molecule has 0 aromatic carbocycles. The Labute approximate surface area is 136 Å². The maximum absolute atomic E-state index is 12.3. The van der Waals surface area contributed by atoms with E-state index in [0.717, 1.165) is 0 Å². The Kier molecular flexibility index (Phi) is 12.2. The third-order valence-electron chi connectivity index (χ3n) is 2.00. The van der Waals surface area contributed by atoms with E-state index in [-0.39, 0.29) is 26.4 Å². The first-order valence-electron chi connectivity index (χ1n) is 7.26. The zero-order valence-corrected chi connectivity index (χ0v) is 14.7. The Hall–Kier alpha value is -1.43. The average molecular weight is 349 g/mol. The van der Waals surface area contributed by atoms with Gasteiger partial charge in [-0.1, -0.05) is 6.08 Å². The van der Waals surface area contributed by atoms with Crippen LogP contribution in [0, 0.1) is 0 Å². The number of ether oxygens (including phenoxy) is 2. The van der Waals surface area contributed by atoms with Crippen LogP contribution in [0.25, 0.3) is 0 Å². The summed E-state index contributed by atoms with van der Waals surface area (Å²) >= 11 is 0. The first-order valence-corrected chi connectivity index (χ1v) is 8.72. The lowest BCUT2D eigenvalue weighted by Gasteiger charge is -2.16. The molecule has 0 aromatic heterocycles. The molecule has 0 radical (unpaired) electrons. The summed E-state index contributed by atoms with van der Waals surface area (Å²) < 4.78 is 37.2. The zero-order chi connectivity index (χ0) is 17.6. The Morgan fingerprint density at radius 2 is 1.87 bits per heavy atom. The van der Waals surface area contributed by atoms with E-state index in [9.17, 15) is 9.36 Å². The molecule has 0 fully saturated rings. The molecule has 0 bridgehead atoms. The highest BCUT2D eigenvalue weighted by Gasteiger charge is 2.31. The van der Waals surface area contributed by atoms with Crippen molar-refractivity contribution in [1.82, 2.24) is 0 Å². The smallest absolute Gasteiger partial charge is 0.460 e. The molecule has 0 unspecified atom stereocenters. The fourth-order valence-corrected chi connectivity index (χ4v) is 2.37. The summed E-state index contributed by atoms with van der Waals surface area (Å²) in [4.78, 5) is 15.7. The summed E-state index contributed by atoms with van der Waals surface area (Å²) in [6, 6.07) is 0. The third-order valence-corrected chi connectivity index (χ3v) is 3.56. The van der Waals surface area contributed by atoms with Crippen molar-refractivity contribution in [2.75, 3.05) is 39.6 Å². The average Bonchev–Trinajstić information content (AvgIpc) is 2.50. The van der Waals surface area contributed by atoms with E-state index in [2.05, 4.69) is 17.4 Å². The van der Waals surface area contributed by atoms with Crippen molar-refractivity contribution in [3.05, 3.63) is 18.4 Å². The van der Waals surface area contributed by atoms with Gasteiger partial charge in [0.15, 0.2) is 0 Å². The predicted molar refractivity (Wildman–Crippen MR) is 85.4 cm³/mol. The molecule has 0 amide bonds. The second-order valence-corrected chi connectivity index (χ2v) is 5.37. The van der Waals surface area contributed by atoms with Gasteiger partial charge in [-0.05, 0) is 20.8 Å². The lowest BCUT2D eigenvalue weighted by atomic mass is 10.5. The highest BCUT2D eigenvalue weighted by Crippen LogP contribution is 2.50. The molecule has 0 saturated carbocycles. The van der Waals surface area contributed by atoms with E-state index in [1.165, 1.54) is 0 Å². The van der Waals surface area contributed by atoms with Crippen molar-refractivity contribution in [3.63, 3.8) is 0 Å². The largest absolute Gasteiger partial charge is 0.530 e. The van der Waals surface area contributed by atoms with Gasteiger partial charge >= 0.3 is 13.8 Å². The second kappa shape index (κ2) is 13.0. The predicted octanol–water partition coefficient (Wildman–Crippen LogP) is 2.50. The highest BCUT2D eigenvalue weighted by molar-refractivity contribution is 7.48. The fraction of sp³-hybridized carbons (Fsp3) is 0.643. The van der Waals surface area contributed by atoms with Crippen molar-refractivity contribution in [2.45, 2.75) is 20.8 Å². The lowest BCUT2D eigenvalue weighted by Crippen LogP contribution is -2.12. The van der Waals surface area contributed by atoms with Gasteiger partial charge in [0.2, 0.25) is 0 Å². The molecule has 0 rings (SSSR count). The van der Waals surface area contributed by atoms with Gasteiger partial charge in [-0.3, -0.25) is 9.05 Å². The summed E-state index contributed by atoms with van der Waals surface area (Å²) in [5.41, 5.74) is 0. The number of rotatable bonds is 13. The molecule has 132 valence electrons. The quantitative estimate of drug-likeness (QED) is 0.0959. The second-order valence-electron chi connectivity index (χ2n) is 3.78. The first kappa shape index (κ1) is 21.6. The highest BCUT2D eigenvalue weighted by atomic mass is 31.2. The molecule has 0 saturated heterocycles. The molecule has 0 spiro atoms. The van der Waals surface area contributed by atoms with Gasteiger partial charge in [-0.2, -0.15) is 0 Å². The molecule has 8 nitrogen and oxygen atoms in total. The molecule has 0 aliphatic rings. The number of nitrogens with zero attached hydrogens (tertiary/aromatic N) is 1. The van der Waals surface area contributed by atoms with Crippen LogP contribution in [0.5, 0.6) is 0 Å². The van der Waals surface area contributed by atoms with Crippen LogP contribution in [0.4, 0.5) is 0 Å². The van der Waals surface area contributed by atoms with Gasteiger partial charge in [0.1, 0.15) is 0 Å². The number of phosphoric ester groups is 1. The summed E-state index contributed by atoms with van der Waals surface area (Å²) in [6.45, 7) is 9.59. The van der Waals surface area contributed by atoms with E-state index in [1.54, 1.807) is 26.8 Å². The summed E-state index contributed by atoms with van der Waals surface area (Å²) in [7, 11) is -3.92. The van der Waals surface area contributed by atoms with Crippen molar-refractivity contribution < 1.29 is 32.4 Å². The minimum atomic E-state index is -3.92. The monoisotopic (exact) mass is 349 g/mol.